The summed E-state index contributed by atoms with van der Waals surface area (Å²) in [6.45, 7) is 1.52. The first kappa shape index (κ1) is 15.9. The Morgan fingerprint density at radius 2 is 2.12 bits per heavy atom. The van der Waals surface area contributed by atoms with E-state index >= 15 is 0 Å². The molecule has 7 nitrogen and oxygen atoms in total. The second kappa shape index (κ2) is 6.42. The molecule has 0 unspecified atom stereocenters. The normalized spacial score (nSPS) is 20.6. The van der Waals surface area contributed by atoms with Gasteiger partial charge in [0, 0.05) is 31.0 Å². The van der Waals surface area contributed by atoms with Crippen molar-refractivity contribution in [3.05, 3.63) is 35.5 Å². The largest absolute Gasteiger partial charge is 0.339 e. The summed E-state index contributed by atoms with van der Waals surface area (Å²) in [4.78, 5) is 19.4. The smallest absolute Gasteiger partial charge is 0.253 e. The Morgan fingerprint density at radius 3 is 3.00 bits per heavy atom. The third kappa shape index (κ3) is 3.09. The van der Waals surface area contributed by atoms with Gasteiger partial charge in [-0.05, 0) is 49.8 Å². The molecule has 3 aromatic rings. The monoisotopic (exact) mass is 369 g/mol. The molecule has 0 spiro atoms. The van der Waals surface area contributed by atoms with Crippen molar-refractivity contribution < 1.29 is 9.32 Å². The predicted molar refractivity (Wildman–Crippen MR) is 96.0 cm³/mol. The molecule has 1 aromatic carbocycles. The van der Waals surface area contributed by atoms with Gasteiger partial charge >= 0.3 is 0 Å². The molecule has 5 rings (SSSR count). The minimum atomic E-state index is 0.0637. The third-order valence-corrected chi connectivity index (χ3v) is 5.75. The number of hydrogen-bond donors (Lipinski definition) is 0. The number of amides is 1. The Bertz CT molecular complexity index is 948. The molecule has 1 saturated carbocycles. The number of piperidine rings is 1. The van der Waals surface area contributed by atoms with Crippen molar-refractivity contribution in [2.75, 3.05) is 13.1 Å². The highest BCUT2D eigenvalue weighted by Gasteiger charge is 2.30. The van der Waals surface area contributed by atoms with Crippen molar-refractivity contribution in [2.24, 2.45) is 5.92 Å². The molecule has 1 saturated heterocycles. The molecule has 1 amide bonds. The van der Waals surface area contributed by atoms with E-state index in [0.29, 0.717) is 23.3 Å². The number of benzene rings is 1. The molecular formula is C18H19N5O2S. The van der Waals surface area contributed by atoms with Crippen molar-refractivity contribution in [1.82, 2.24) is 23.8 Å². The van der Waals surface area contributed by atoms with Gasteiger partial charge < -0.3 is 9.42 Å². The zero-order valence-electron chi connectivity index (χ0n) is 14.3. The first-order chi connectivity index (χ1) is 12.8. The van der Waals surface area contributed by atoms with Crippen molar-refractivity contribution in [1.29, 1.82) is 0 Å². The van der Waals surface area contributed by atoms with Gasteiger partial charge in [0.15, 0.2) is 5.82 Å². The number of carbonyl (C=O) groups excluding carboxylic acids is 1. The first-order valence-electron chi connectivity index (χ1n) is 9.10. The fourth-order valence-electron chi connectivity index (χ4n) is 3.62. The maximum atomic E-state index is 12.9. The second-order valence-corrected chi connectivity index (χ2v) is 7.78. The molecule has 2 aliphatic rings. The number of aromatic nitrogens is 4. The highest BCUT2D eigenvalue weighted by atomic mass is 32.1. The molecule has 1 aliphatic carbocycles. The summed E-state index contributed by atoms with van der Waals surface area (Å²) in [5.74, 6) is 2.50. The maximum absolute atomic E-state index is 12.9. The molecule has 2 aromatic heterocycles. The van der Waals surface area contributed by atoms with Crippen LogP contribution in [0.3, 0.4) is 0 Å². The van der Waals surface area contributed by atoms with Crippen molar-refractivity contribution in [2.45, 2.75) is 38.0 Å². The zero-order chi connectivity index (χ0) is 17.5. The minimum absolute atomic E-state index is 0.0637. The van der Waals surface area contributed by atoms with Gasteiger partial charge in [-0.25, -0.2) is 0 Å². The van der Waals surface area contributed by atoms with E-state index in [1.54, 1.807) is 0 Å². The maximum Gasteiger partial charge on any atom is 0.253 e. The van der Waals surface area contributed by atoms with Crippen LogP contribution in [-0.2, 0) is 6.42 Å². The fraction of sp³-hybridized carbons (Fsp3) is 0.500. The Hall–Kier alpha value is -2.35. The van der Waals surface area contributed by atoms with Gasteiger partial charge in [0.2, 0.25) is 5.89 Å². The van der Waals surface area contributed by atoms with Crippen molar-refractivity contribution >= 4 is 28.7 Å². The molecule has 0 N–H and O–H groups in total. The molecule has 0 bridgehead atoms. The molecule has 0 radical (unpaired) electrons. The summed E-state index contributed by atoms with van der Waals surface area (Å²) in [5.41, 5.74) is 2.30. The lowest BCUT2D eigenvalue weighted by molar-refractivity contribution is 0.0668. The van der Waals surface area contributed by atoms with Crippen LogP contribution < -0.4 is 0 Å². The summed E-state index contributed by atoms with van der Waals surface area (Å²) in [5, 5.41) is 4.09. The van der Waals surface area contributed by atoms with Gasteiger partial charge in [0.05, 0.1) is 11.7 Å². The van der Waals surface area contributed by atoms with E-state index in [-0.39, 0.29) is 5.91 Å². The van der Waals surface area contributed by atoms with Gasteiger partial charge in [-0.3, -0.25) is 4.79 Å². The molecule has 134 valence electrons. The van der Waals surface area contributed by atoms with Gasteiger partial charge in [-0.15, -0.1) is 0 Å². The highest BCUT2D eigenvalue weighted by Crippen LogP contribution is 2.38. The van der Waals surface area contributed by atoms with Crippen LogP contribution in [0.5, 0.6) is 0 Å². The van der Waals surface area contributed by atoms with Crippen LogP contribution in [0.4, 0.5) is 0 Å². The van der Waals surface area contributed by atoms with Crippen LogP contribution in [0.2, 0.25) is 0 Å². The summed E-state index contributed by atoms with van der Waals surface area (Å²) < 4.78 is 13.8. The fourth-order valence-corrected chi connectivity index (χ4v) is 4.14. The molecule has 1 aliphatic heterocycles. The molecule has 3 heterocycles. The van der Waals surface area contributed by atoms with E-state index < -0.39 is 0 Å². The summed E-state index contributed by atoms with van der Waals surface area (Å²) in [6.07, 6.45) is 5.17. The predicted octanol–water partition coefficient (Wildman–Crippen LogP) is 3.05. The Labute approximate surface area is 154 Å². The zero-order valence-corrected chi connectivity index (χ0v) is 15.1. The number of hydrogen-bond acceptors (Lipinski definition) is 7. The van der Waals surface area contributed by atoms with Crippen LogP contribution >= 0.6 is 11.7 Å². The molecule has 2 fully saturated rings. The average molecular weight is 369 g/mol. The highest BCUT2D eigenvalue weighted by molar-refractivity contribution is 7.00. The van der Waals surface area contributed by atoms with Crippen LogP contribution in [0.25, 0.3) is 11.0 Å². The summed E-state index contributed by atoms with van der Waals surface area (Å²) in [6, 6.07) is 5.55. The summed E-state index contributed by atoms with van der Waals surface area (Å²) >= 11 is 1.17. The topological polar surface area (TPSA) is 85.0 Å². The van der Waals surface area contributed by atoms with E-state index in [0.717, 1.165) is 49.2 Å². The van der Waals surface area contributed by atoms with Crippen molar-refractivity contribution in [3.8, 4) is 0 Å². The van der Waals surface area contributed by atoms with Crippen LogP contribution in [0.15, 0.2) is 22.7 Å². The van der Waals surface area contributed by atoms with Crippen LogP contribution in [-0.4, -0.2) is 42.8 Å². The van der Waals surface area contributed by atoms with E-state index in [2.05, 4.69) is 18.9 Å². The summed E-state index contributed by atoms with van der Waals surface area (Å²) in [7, 11) is 0. The van der Waals surface area contributed by atoms with Crippen molar-refractivity contribution in [3.63, 3.8) is 0 Å². The Morgan fingerprint density at radius 1 is 1.23 bits per heavy atom. The Balaban J connectivity index is 1.27. The van der Waals surface area contributed by atoms with Crippen LogP contribution in [0.1, 0.15) is 53.7 Å². The number of rotatable bonds is 4. The average Bonchev–Trinajstić information content (AvgIpc) is 3.23. The molecule has 26 heavy (non-hydrogen) atoms. The van der Waals surface area contributed by atoms with Gasteiger partial charge in [-0.1, -0.05) is 5.16 Å². The number of carbonyl (C=O) groups is 1. The lowest BCUT2D eigenvalue weighted by Gasteiger charge is -2.32. The lowest BCUT2D eigenvalue weighted by atomic mass is 9.94. The van der Waals surface area contributed by atoms with E-state index in [9.17, 15) is 4.79 Å². The number of nitrogens with zero attached hydrogens (tertiary/aromatic N) is 5. The van der Waals surface area contributed by atoms with Crippen LogP contribution in [0, 0.1) is 5.92 Å². The van der Waals surface area contributed by atoms with E-state index in [1.807, 2.05) is 23.1 Å². The third-order valence-electron chi connectivity index (χ3n) is 5.20. The Kier molecular flexibility index (Phi) is 3.92. The van der Waals surface area contributed by atoms with E-state index in [1.165, 1.54) is 24.6 Å². The first-order valence-corrected chi connectivity index (χ1v) is 9.83. The lowest BCUT2D eigenvalue weighted by Crippen LogP contribution is -2.40. The molecular weight excluding hydrogens is 350 g/mol. The molecule has 1 atom stereocenters. The van der Waals surface area contributed by atoms with Gasteiger partial charge in [0.25, 0.3) is 5.91 Å². The second-order valence-electron chi connectivity index (χ2n) is 7.25. The SMILES string of the molecule is O=C(c1ccc2nsnc2c1)N1CCC[C@H](Cc2nc(C3CC3)no2)C1. The number of likely N-dealkylation sites (tertiary alicyclic amines) is 1. The minimum Gasteiger partial charge on any atom is -0.339 e. The van der Waals surface area contributed by atoms with Gasteiger partial charge in [-0.2, -0.15) is 13.7 Å². The standard InChI is InChI=1S/C18H19N5O2S/c24-18(13-5-6-14-15(9-13)22-26-21-14)23-7-1-2-11(10-23)8-16-19-17(20-25-16)12-3-4-12/h5-6,9,11-12H,1-4,7-8,10H2/t11-/m1/s1. The van der Waals surface area contributed by atoms with Gasteiger partial charge in [0.1, 0.15) is 11.0 Å². The molecule has 8 heteroatoms. The number of fused-ring (bicyclic) bond motifs is 1. The van der Waals surface area contributed by atoms with E-state index in [4.69, 9.17) is 4.52 Å². The quantitative estimate of drug-likeness (QED) is 0.703.